The number of fused-ring (bicyclic) bond motifs is 1. The summed E-state index contributed by atoms with van der Waals surface area (Å²) in [5, 5.41) is -0.0320. The molecule has 166 valence electrons. The fourth-order valence-corrected chi connectivity index (χ4v) is 6.09. The second kappa shape index (κ2) is 7.70. The number of carbonyl (C=O) groups excluding carboxylic acids is 1. The molecule has 4 N–H and O–H groups in total. The molecule has 0 unspecified atom stereocenters. The first-order chi connectivity index (χ1) is 13.6. The number of hydrogen-bond acceptors (Lipinski definition) is 4. The van der Waals surface area contributed by atoms with E-state index in [0.717, 1.165) is 12.1 Å². The van der Waals surface area contributed by atoms with Crippen LogP contribution in [0.4, 0.5) is 22.0 Å². The zero-order chi connectivity index (χ0) is 22.6. The minimum Gasteiger partial charge on any atom is -0.492 e. The zero-order valence-corrected chi connectivity index (χ0v) is 18.0. The van der Waals surface area contributed by atoms with Gasteiger partial charge in [0.2, 0.25) is 5.91 Å². The summed E-state index contributed by atoms with van der Waals surface area (Å²) in [6.07, 6.45) is -4.17. The van der Waals surface area contributed by atoms with Crippen LogP contribution in [0.1, 0.15) is 28.1 Å². The summed E-state index contributed by atoms with van der Waals surface area (Å²) in [6.45, 7) is -0.374. The van der Waals surface area contributed by atoms with E-state index in [4.69, 9.17) is 20.3 Å². The number of halogens is 6. The Kier molecular flexibility index (Phi) is 6.00. The maximum atomic E-state index is 14.3. The van der Waals surface area contributed by atoms with E-state index in [0.29, 0.717) is 11.3 Å². The first kappa shape index (κ1) is 23.4. The van der Waals surface area contributed by atoms with Gasteiger partial charge in [0.15, 0.2) is 0 Å². The lowest BCUT2D eigenvalue weighted by Crippen LogP contribution is -2.41. The van der Waals surface area contributed by atoms with Crippen molar-refractivity contribution < 1.29 is 45.8 Å². The molecule has 1 saturated carbocycles. The molecular formula is C16H14BrF5NO5PS. The number of ether oxygens (including phenoxy) is 1. The van der Waals surface area contributed by atoms with Crippen molar-refractivity contribution >= 4 is 50.9 Å². The monoisotopic (exact) mass is 537 g/mol. The van der Waals surface area contributed by atoms with Gasteiger partial charge in [0.05, 0.1) is 17.2 Å². The molecule has 0 radical (unpaired) electrons. The Bertz CT molecular complexity index is 1050. The summed E-state index contributed by atoms with van der Waals surface area (Å²) in [4.78, 5) is 28.6. The minimum absolute atomic E-state index is 0.0158. The van der Waals surface area contributed by atoms with Gasteiger partial charge in [-0.3, -0.25) is 9.36 Å². The average Bonchev–Trinajstić information content (AvgIpc) is 2.89. The van der Waals surface area contributed by atoms with Crippen molar-refractivity contribution in [3.8, 4) is 5.75 Å². The Morgan fingerprint density at radius 3 is 2.37 bits per heavy atom. The SMILES string of the molecule is NC(=O)c1cc(OC[C@@H]2CC[C@H]2C(F)(F)F)c2sc(C(F)(F)P(=O)(O)O)c(Br)c2c1. The van der Waals surface area contributed by atoms with Crippen LogP contribution in [0.25, 0.3) is 10.1 Å². The van der Waals surface area contributed by atoms with E-state index in [1.54, 1.807) is 0 Å². The van der Waals surface area contributed by atoms with Gasteiger partial charge in [-0.05, 0) is 40.9 Å². The number of primary amides is 1. The number of thiophene rings is 1. The summed E-state index contributed by atoms with van der Waals surface area (Å²) in [5.74, 6) is -3.50. The van der Waals surface area contributed by atoms with Gasteiger partial charge in [-0.15, -0.1) is 11.3 Å². The topological polar surface area (TPSA) is 110 Å². The van der Waals surface area contributed by atoms with E-state index in [1.165, 1.54) is 0 Å². The molecule has 1 heterocycles. The van der Waals surface area contributed by atoms with E-state index in [-0.39, 0.29) is 45.3 Å². The van der Waals surface area contributed by atoms with Crippen LogP contribution in [-0.2, 0) is 10.2 Å². The molecule has 30 heavy (non-hydrogen) atoms. The lowest BCUT2D eigenvalue weighted by Gasteiger charge is -2.37. The molecule has 2 aromatic rings. The van der Waals surface area contributed by atoms with Crippen LogP contribution in [-0.4, -0.2) is 28.5 Å². The first-order valence-corrected chi connectivity index (χ1v) is 11.6. The zero-order valence-electron chi connectivity index (χ0n) is 14.8. The average molecular weight is 538 g/mol. The third-order valence-electron chi connectivity index (χ3n) is 4.91. The smallest absolute Gasteiger partial charge is 0.400 e. The van der Waals surface area contributed by atoms with Gasteiger partial charge < -0.3 is 20.3 Å². The first-order valence-electron chi connectivity index (χ1n) is 8.34. The number of rotatable bonds is 6. The molecule has 1 aliphatic rings. The van der Waals surface area contributed by atoms with Crippen LogP contribution in [0, 0.1) is 11.8 Å². The van der Waals surface area contributed by atoms with Crippen molar-refractivity contribution in [2.75, 3.05) is 6.61 Å². The molecule has 1 aliphatic carbocycles. The predicted octanol–water partition coefficient (Wildman–Crippen LogP) is 4.96. The molecule has 0 saturated heterocycles. The number of alkyl halides is 5. The van der Waals surface area contributed by atoms with E-state index < -0.39 is 42.1 Å². The highest BCUT2D eigenvalue weighted by molar-refractivity contribution is 9.10. The van der Waals surface area contributed by atoms with Crippen molar-refractivity contribution in [1.29, 1.82) is 0 Å². The van der Waals surface area contributed by atoms with Crippen LogP contribution in [0.15, 0.2) is 16.6 Å². The van der Waals surface area contributed by atoms with Gasteiger partial charge in [0.25, 0.3) is 0 Å². The Hall–Kier alpha value is -1.27. The quantitative estimate of drug-likeness (QED) is 0.356. The van der Waals surface area contributed by atoms with Gasteiger partial charge in [0.1, 0.15) is 10.6 Å². The summed E-state index contributed by atoms with van der Waals surface area (Å²) in [7, 11) is -5.88. The number of amides is 1. The summed E-state index contributed by atoms with van der Waals surface area (Å²) < 4.78 is 83.6. The molecule has 1 aromatic heterocycles. The van der Waals surface area contributed by atoms with Gasteiger partial charge in [-0.2, -0.15) is 22.0 Å². The lowest BCUT2D eigenvalue weighted by atomic mass is 9.74. The second-order valence-electron chi connectivity index (χ2n) is 6.84. The molecular weight excluding hydrogens is 524 g/mol. The fourth-order valence-electron chi connectivity index (χ4n) is 3.11. The van der Waals surface area contributed by atoms with Gasteiger partial charge in [-0.25, -0.2) is 0 Å². The Morgan fingerprint density at radius 2 is 1.90 bits per heavy atom. The van der Waals surface area contributed by atoms with Crippen LogP contribution in [0.5, 0.6) is 5.75 Å². The molecule has 0 aliphatic heterocycles. The number of hydrogen-bond donors (Lipinski definition) is 3. The van der Waals surface area contributed by atoms with Gasteiger partial charge >= 0.3 is 19.4 Å². The Labute approximate surface area is 178 Å². The third-order valence-corrected chi connectivity index (χ3v) is 8.39. The van der Waals surface area contributed by atoms with E-state index in [1.807, 2.05) is 0 Å². The maximum Gasteiger partial charge on any atom is 0.400 e. The predicted molar refractivity (Wildman–Crippen MR) is 102 cm³/mol. The number of benzene rings is 1. The highest BCUT2D eigenvalue weighted by atomic mass is 79.9. The van der Waals surface area contributed by atoms with Crippen LogP contribution in [0.3, 0.4) is 0 Å². The third kappa shape index (κ3) is 4.10. The number of nitrogens with two attached hydrogens (primary N) is 1. The largest absolute Gasteiger partial charge is 0.492 e. The molecule has 3 rings (SSSR count). The van der Waals surface area contributed by atoms with Crippen molar-refractivity contribution in [3.05, 3.63) is 27.0 Å². The van der Waals surface area contributed by atoms with Crippen molar-refractivity contribution in [2.45, 2.75) is 24.7 Å². The van der Waals surface area contributed by atoms with Gasteiger partial charge in [0, 0.05) is 21.3 Å². The van der Waals surface area contributed by atoms with E-state index >= 15 is 0 Å². The van der Waals surface area contributed by atoms with Crippen LogP contribution < -0.4 is 10.5 Å². The van der Waals surface area contributed by atoms with E-state index in [9.17, 15) is 31.3 Å². The van der Waals surface area contributed by atoms with Crippen LogP contribution >= 0.6 is 34.9 Å². The summed E-state index contributed by atoms with van der Waals surface area (Å²) in [5.41, 5.74) is 0.534. The Balaban J connectivity index is 2.04. The molecule has 0 bridgehead atoms. The molecule has 1 fully saturated rings. The molecule has 14 heteroatoms. The summed E-state index contributed by atoms with van der Waals surface area (Å²) in [6, 6.07) is 2.24. The Morgan fingerprint density at radius 1 is 1.27 bits per heavy atom. The number of carbonyl (C=O) groups is 1. The molecule has 1 aromatic carbocycles. The molecule has 0 spiro atoms. The molecule has 1 amide bonds. The van der Waals surface area contributed by atoms with E-state index in [2.05, 4.69) is 15.9 Å². The summed E-state index contributed by atoms with van der Waals surface area (Å²) >= 11 is 3.17. The van der Waals surface area contributed by atoms with Crippen molar-refractivity contribution in [1.82, 2.24) is 0 Å². The lowest BCUT2D eigenvalue weighted by molar-refractivity contribution is -0.216. The van der Waals surface area contributed by atoms with Crippen molar-refractivity contribution in [3.63, 3.8) is 0 Å². The highest BCUT2D eigenvalue weighted by Gasteiger charge is 2.53. The van der Waals surface area contributed by atoms with Crippen LogP contribution in [0.2, 0.25) is 0 Å². The van der Waals surface area contributed by atoms with Gasteiger partial charge in [-0.1, -0.05) is 0 Å². The normalized spacial score (nSPS) is 20.3. The van der Waals surface area contributed by atoms with Crippen molar-refractivity contribution in [2.24, 2.45) is 17.6 Å². The highest BCUT2D eigenvalue weighted by Crippen LogP contribution is 2.63. The fraction of sp³-hybridized carbons (Fsp3) is 0.438. The maximum absolute atomic E-state index is 14.3. The molecule has 6 nitrogen and oxygen atoms in total. The minimum atomic E-state index is -5.88. The standard InChI is InChI=1S/C16H14BrF5NO5PS/c17-11-8-3-7(14(23)24)4-10(28-5-6-1-2-9(6)15(18,19)20)12(8)30-13(11)16(21,22)29(25,26)27/h3-4,6,9H,1-2,5H2,(H2,23,24)(H2,25,26,27)/t6-,9+/m0/s1. The molecule has 2 atom stereocenters. The second-order valence-corrected chi connectivity index (χ2v) is 10.3.